The molecule has 1 fully saturated rings. The molecule has 0 saturated carbocycles. The lowest BCUT2D eigenvalue weighted by molar-refractivity contribution is 0.268. The van der Waals surface area contributed by atoms with Crippen LogP contribution in [0.1, 0.15) is 45.2 Å². The number of hydrogen-bond acceptors (Lipinski definition) is 3. The number of amidine groups is 1. The number of thioether (sulfide) groups is 1. The molecule has 2 unspecified atom stereocenters. The van der Waals surface area contributed by atoms with Crippen molar-refractivity contribution in [3.63, 3.8) is 0 Å². The third kappa shape index (κ3) is 3.37. The number of nitrogens with one attached hydrogen (secondary N) is 1. The van der Waals surface area contributed by atoms with Gasteiger partial charge in [-0.05, 0) is 17.9 Å². The number of rotatable bonds is 1. The highest BCUT2D eigenvalue weighted by Gasteiger charge is 2.29. The van der Waals surface area contributed by atoms with Gasteiger partial charge >= 0.3 is 0 Å². The van der Waals surface area contributed by atoms with Crippen molar-refractivity contribution in [3.8, 4) is 5.75 Å². The van der Waals surface area contributed by atoms with Crippen molar-refractivity contribution in [1.29, 1.82) is 0 Å². The van der Waals surface area contributed by atoms with Crippen molar-refractivity contribution in [2.75, 3.05) is 12.4 Å². The summed E-state index contributed by atoms with van der Waals surface area (Å²) < 4.78 is 5.72. The Balaban J connectivity index is 1.79. The minimum Gasteiger partial charge on any atom is -0.493 e. The molecule has 1 N–H and O–H groups in total. The Hall–Kier alpha value is -1.16. The molecule has 1 aromatic carbocycles. The van der Waals surface area contributed by atoms with Gasteiger partial charge in [0.25, 0.3) is 0 Å². The van der Waals surface area contributed by atoms with Gasteiger partial charge in [0.05, 0.1) is 12.6 Å². The second kappa shape index (κ2) is 5.91. The van der Waals surface area contributed by atoms with Crippen molar-refractivity contribution < 1.29 is 4.74 Å². The van der Waals surface area contributed by atoms with E-state index in [1.807, 2.05) is 23.9 Å². The van der Waals surface area contributed by atoms with Crippen molar-refractivity contribution >= 4 is 16.9 Å². The summed E-state index contributed by atoms with van der Waals surface area (Å²) in [6.45, 7) is 7.64. The number of benzene rings is 1. The van der Waals surface area contributed by atoms with Crippen LogP contribution in [0.3, 0.4) is 0 Å². The van der Waals surface area contributed by atoms with E-state index in [9.17, 15) is 0 Å². The normalized spacial score (nSPS) is 27.7. The fourth-order valence-corrected chi connectivity index (χ4v) is 3.83. The molecule has 0 aromatic heterocycles. The Morgan fingerprint density at radius 2 is 2.05 bits per heavy atom. The number of hydrogen-bond donors (Lipinski definition) is 1. The lowest BCUT2D eigenvalue weighted by Crippen LogP contribution is -2.46. The van der Waals surface area contributed by atoms with E-state index >= 15 is 0 Å². The van der Waals surface area contributed by atoms with E-state index in [1.165, 1.54) is 12.0 Å². The Kier molecular flexibility index (Phi) is 4.16. The van der Waals surface area contributed by atoms with Gasteiger partial charge in [0.2, 0.25) is 0 Å². The summed E-state index contributed by atoms with van der Waals surface area (Å²) in [5, 5.41) is 4.74. The molecule has 2 aliphatic heterocycles. The molecular formula is C17H24N2OS. The van der Waals surface area contributed by atoms with Crippen LogP contribution in [0.15, 0.2) is 29.3 Å². The molecule has 2 heterocycles. The first-order valence-corrected chi connectivity index (χ1v) is 8.71. The maximum Gasteiger partial charge on any atom is 0.157 e. The highest BCUT2D eigenvalue weighted by Crippen LogP contribution is 2.35. The van der Waals surface area contributed by atoms with Gasteiger partial charge in [0, 0.05) is 23.8 Å². The number of para-hydroxylation sites is 1. The zero-order valence-electron chi connectivity index (χ0n) is 13.1. The first kappa shape index (κ1) is 14.8. The SMILES string of the molecule is CC(C)(C)C1CCSC(=NC2CCOc3ccccc32)N1. The first-order valence-electron chi connectivity index (χ1n) is 7.73. The third-order valence-electron chi connectivity index (χ3n) is 4.19. The molecule has 4 heteroatoms. The van der Waals surface area contributed by atoms with Crippen molar-refractivity contribution in [3.05, 3.63) is 29.8 Å². The lowest BCUT2D eigenvalue weighted by atomic mass is 9.85. The summed E-state index contributed by atoms with van der Waals surface area (Å²) in [6, 6.07) is 9.01. The molecule has 0 radical (unpaired) electrons. The van der Waals surface area contributed by atoms with Gasteiger partial charge in [-0.3, -0.25) is 4.99 Å². The molecule has 2 aliphatic rings. The molecule has 114 valence electrons. The average Bonchev–Trinajstić information content (AvgIpc) is 2.47. The standard InChI is InChI=1S/C17H24N2OS/c1-17(2,3)15-9-11-21-16(19-15)18-13-8-10-20-14-7-5-4-6-12(13)14/h4-7,13,15H,8-11H2,1-3H3,(H,18,19). The second-order valence-corrected chi connectivity index (χ2v) is 7.91. The van der Waals surface area contributed by atoms with Gasteiger partial charge in [-0.2, -0.15) is 0 Å². The molecule has 0 spiro atoms. The monoisotopic (exact) mass is 304 g/mol. The number of aliphatic imine (C=N–C) groups is 1. The fourth-order valence-electron chi connectivity index (χ4n) is 2.86. The summed E-state index contributed by atoms with van der Waals surface area (Å²) in [5.74, 6) is 2.14. The molecule has 3 rings (SSSR count). The second-order valence-electron chi connectivity index (χ2n) is 6.83. The molecule has 1 saturated heterocycles. The minimum absolute atomic E-state index is 0.226. The number of ether oxygens (including phenoxy) is 1. The summed E-state index contributed by atoms with van der Waals surface area (Å²) in [7, 11) is 0. The molecule has 1 aromatic rings. The molecule has 0 aliphatic carbocycles. The van der Waals surface area contributed by atoms with Crippen molar-refractivity contribution in [2.24, 2.45) is 10.4 Å². The summed E-state index contributed by atoms with van der Waals surface area (Å²) in [6.07, 6.45) is 2.17. The van der Waals surface area contributed by atoms with E-state index in [0.717, 1.165) is 29.7 Å². The third-order valence-corrected chi connectivity index (χ3v) is 5.12. The Morgan fingerprint density at radius 1 is 1.24 bits per heavy atom. The van der Waals surface area contributed by atoms with E-state index in [-0.39, 0.29) is 11.5 Å². The van der Waals surface area contributed by atoms with Gasteiger partial charge < -0.3 is 10.1 Å². The van der Waals surface area contributed by atoms with E-state index in [1.54, 1.807) is 0 Å². The minimum atomic E-state index is 0.226. The Bertz CT molecular complexity index is 536. The molecule has 3 nitrogen and oxygen atoms in total. The quantitative estimate of drug-likeness (QED) is 0.851. The molecular weight excluding hydrogens is 280 g/mol. The highest BCUT2D eigenvalue weighted by atomic mass is 32.2. The van der Waals surface area contributed by atoms with E-state index in [2.05, 4.69) is 38.2 Å². The van der Waals surface area contributed by atoms with E-state index in [4.69, 9.17) is 9.73 Å². The van der Waals surface area contributed by atoms with Gasteiger partial charge in [0.1, 0.15) is 5.75 Å². The van der Waals surface area contributed by atoms with Crippen molar-refractivity contribution in [1.82, 2.24) is 5.32 Å². The van der Waals surface area contributed by atoms with Gasteiger partial charge in [-0.1, -0.05) is 50.7 Å². The molecule has 0 bridgehead atoms. The van der Waals surface area contributed by atoms with Crippen LogP contribution in [0.5, 0.6) is 5.75 Å². The number of fused-ring (bicyclic) bond motifs is 1. The molecule has 0 amide bonds. The molecule has 2 atom stereocenters. The van der Waals surface area contributed by atoms with Gasteiger partial charge in [-0.15, -0.1) is 0 Å². The smallest absolute Gasteiger partial charge is 0.157 e. The maximum atomic E-state index is 5.72. The summed E-state index contributed by atoms with van der Waals surface area (Å²) in [4.78, 5) is 4.99. The van der Waals surface area contributed by atoms with Gasteiger partial charge in [0.15, 0.2) is 5.17 Å². The molecule has 21 heavy (non-hydrogen) atoms. The van der Waals surface area contributed by atoms with Crippen LogP contribution in [0.25, 0.3) is 0 Å². The Labute approximate surface area is 131 Å². The average molecular weight is 304 g/mol. The van der Waals surface area contributed by atoms with Crippen LogP contribution < -0.4 is 10.1 Å². The summed E-state index contributed by atoms with van der Waals surface area (Å²) in [5.41, 5.74) is 1.49. The zero-order chi connectivity index (χ0) is 14.9. The van der Waals surface area contributed by atoms with Gasteiger partial charge in [-0.25, -0.2) is 0 Å². The van der Waals surface area contributed by atoms with Crippen LogP contribution in [0.2, 0.25) is 0 Å². The fraction of sp³-hybridized carbons (Fsp3) is 0.588. The zero-order valence-corrected chi connectivity index (χ0v) is 13.9. The predicted octanol–water partition coefficient (Wildman–Crippen LogP) is 4.01. The van der Waals surface area contributed by atoms with Crippen LogP contribution in [-0.4, -0.2) is 23.6 Å². The summed E-state index contributed by atoms with van der Waals surface area (Å²) >= 11 is 1.85. The van der Waals surface area contributed by atoms with Crippen LogP contribution in [0, 0.1) is 5.41 Å². The van der Waals surface area contributed by atoms with Crippen molar-refractivity contribution in [2.45, 2.75) is 45.7 Å². The number of nitrogens with zero attached hydrogens (tertiary/aromatic N) is 1. The van der Waals surface area contributed by atoms with E-state index < -0.39 is 0 Å². The largest absolute Gasteiger partial charge is 0.493 e. The van der Waals surface area contributed by atoms with Crippen LogP contribution in [-0.2, 0) is 0 Å². The lowest BCUT2D eigenvalue weighted by Gasteiger charge is -2.36. The van der Waals surface area contributed by atoms with Crippen LogP contribution >= 0.6 is 11.8 Å². The first-order chi connectivity index (χ1) is 10.0. The van der Waals surface area contributed by atoms with E-state index in [0.29, 0.717) is 6.04 Å². The Morgan fingerprint density at radius 3 is 2.86 bits per heavy atom. The predicted molar refractivity (Wildman–Crippen MR) is 90.2 cm³/mol. The topological polar surface area (TPSA) is 33.6 Å². The maximum absolute atomic E-state index is 5.72. The van der Waals surface area contributed by atoms with Crippen LogP contribution in [0.4, 0.5) is 0 Å². The highest BCUT2D eigenvalue weighted by molar-refractivity contribution is 8.13.